The first-order valence-corrected chi connectivity index (χ1v) is 33.6. The van der Waals surface area contributed by atoms with E-state index in [2.05, 4.69) is 93.8 Å². The molecule has 1 saturated carbocycles. The number of aliphatic hydroxyl groups is 2. The van der Waals surface area contributed by atoms with E-state index in [9.17, 15) is 29.4 Å². The number of carbonyl (C=O) groups is 4. The van der Waals surface area contributed by atoms with Crippen LogP contribution in [0.5, 0.6) is 0 Å². The number of amides is 3. The maximum Gasteiger partial charge on any atom is 0.293 e. The van der Waals surface area contributed by atoms with Gasteiger partial charge < -0.3 is 60.6 Å². The van der Waals surface area contributed by atoms with Gasteiger partial charge in [0.1, 0.15) is 29.5 Å². The Hall–Kier alpha value is -8.43. The number of carbonyl (C=O) groups excluding carboxylic acids is 4. The van der Waals surface area contributed by atoms with Crippen molar-refractivity contribution in [2.24, 2.45) is 28.8 Å². The number of oxime groups is 1. The number of hydrogen-bond donors (Lipinski definition) is 5. The van der Waals surface area contributed by atoms with Gasteiger partial charge >= 0.3 is 0 Å². The number of piperazine rings is 2. The molecule has 4 atom stereocenters. The van der Waals surface area contributed by atoms with Crippen molar-refractivity contribution in [3.8, 4) is 11.3 Å². The van der Waals surface area contributed by atoms with Crippen molar-refractivity contribution in [3.63, 3.8) is 0 Å². The van der Waals surface area contributed by atoms with Gasteiger partial charge in [0, 0.05) is 121 Å². The summed E-state index contributed by atoms with van der Waals surface area (Å²) >= 11 is 0. The largest absolute Gasteiger partial charge is 0.465 e. The van der Waals surface area contributed by atoms with Crippen LogP contribution in [0.15, 0.2) is 70.5 Å². The van der Waals surface area contributed by atoms with E-state index in [0.717, 1.165) is 114 Å². The van der Waals surface area contributed by atoms with Crippen LogP contribution in [0.25, 0.3) is 33.4 Å². The average Bonchev–Trinajstić information content (AvgIpc) is 1.61. The van der Waals surface area contributed by atoms with Crippen LogP contribution in [0.1, 0.15) is 146 Å². The predicted octanol–water partition coefficient (Wildman–Crippen LogP) is 6.76. The molecule has 3 amide bonds. The first-order valence-electron chi connectivity index (χ1n) is 33.6. The maximum atomic E-state index is 13.7. The summed E-state index contributed by atoms with van der Waals surface area (Å²) in [5.74, 6) is 2.27. The molecule has 6 aromatic rings. The van der Waals surface area contributed by atoms with E-state index >= 15 is 0 Å². The molecule has 7 N–H and O–H groups in total. The highest BCUT2D eigenvalue weighted by atomic mass is 16.6. The van der Waals surface area contributed by atoms with E-state index in [1.807, 2.05) is 33.5 Å². The van der Waals surface area contributed by atoms with Gasteiger partial charge in [0.05, 0.1) is 34.9 Å². The lowest BCUT2D eigenvalue weighted by molar-refractivity contribution is -0.134. The molecule has 27 heteroatoms. The molecular weight excluding hydrogens is 1200 g/mol. The van der Waals surface area contributed by atoms with E-state index in [0.29, 0.717) is 134 Å². The molecular formula is C67H94N18O9. The van der Waals surface area contributed by atoms with Gasteiger partial charge in [-0.3, -0.25) is 24.1 Å². The number of nitrogens with zero attached hydrogens (tertiary/aromatic N) is 15. The van der Waals surface area contributed by atoms with E-state index in [4.69, 9.17) is 30.6 Å². The van der Waals surface area contributed by atoms with Crippen LogP contribution in [-0.4, -0.2) is 196 Å². The minimum Gasteiger partial charge on any atom is -0.465 e. The molecule has 1 aromatic carbocycles. The van der Waals surface area contributed by atoms with Gasteiger partial charge in [-0.15, -0.1) is 0 Å². The average molecular weight is 1300 g/mol. The van der Waals surface area contributed by atoms with E-state index in [1.165, 1.54) is 6.33 Å². The number of aliphatic hydroxyl groups excluding tert-OH is 2. The first kappa shape index (κ1) is 68.4. The lowest BCUT2D eigenvalue weighted by Crippen LogP contribution is -2.49. The van der Waals surface area contributed by atoms with E-state index in [-0.39, 0.29) is 73.4 Å². The number of nitrogens with one attached hydrogen (secondary N) is 1. The first-order chi connectivity index (χ1) is 45.4. The number of fused-ring (bicyclic) bond motifs is 2. The second kappa shape index (κ2) is 32.6. The number of allylic oxidation sites excluding steroid dienone is 1. The third-order valence-corrected chi connectivity index (χ3v) is 18.9. The molecule has 1 aliphatic carbocycles. The van der Waals surface area contributed by atoms with Gasteiger partial charge in [0.2, 0.25) is 17.8 Å². The summed E-state index contributed by atoms with van der Waals surface area (Å²) in [6, 6.07) is 5.60. The summed E-state index contributed by atoms with van der Waals surface area (Å²) in [5.41, 5.74) is 18.1. The van der Waals surface area contributed by atoms with Crippen molar-refractivity contribution in [2.75, 3.05) is 99.9 Å². The predicted molar refractivity (Wildman–Crippen MR) is 357 cm³/mol. The number of piperidine rings is 1. The maximum absolute atomic E-state index is 13.7. The molecule has 94 heavy (non-hydrogen) atoms. The fraction of sp³-hybridized carbons (Fsp3) is 0.597. The molecule has 27 nitrogen and oxygen atoms in total. The molecule has 10 rings (SSSR count). The number of aromatic nitrogens is 9. The monoisotopic (exact) mass is 1290 g/mol. The molecule has 0 spiro atoms. The number of nitrogens with two attached hydrogens (primary N) is 2. The summed E-state index contributed by atoms with van der Waals surface area (Å²) in [7, 11) is 0. The molecule has 0 bridgehead atoms. The Morgan fingerprint density at radius 2 is 1.52 bits per heavy atom. The molecule has 5 aromatic heterocycles. The third kappa shape index (κ3) is 18.3. The van der Waals surface area contributed by atoms with Crippen LogP contribution in [-0.2, 0) is 30.5 Å². The highest BCUT2D eigenvalue weighted by Crippen LogP contribution is 2.36. The van der Waals surface area contributed by atoms with Gasteiger partial charge in [-0.25, -0.2) is 34.6 Å². The molecule has 4 aliphatic rings. The topological polar surface area (TPSA) is 341 Å². The summed E-state index contributed by atoms with van der Waals surface area (Å²) in [4.78, 5) is 98.8. The van der Waals surface area contributed by atoms with Gasteiger partial charge in [0.15, 0.2) is 17.8 Å². The quantitative estimate of drug-likeness (QED) is 0.0140. The summed E-state index contributed by atoms with van der Waals surface area (Å²) < 4.78 is 12.8. The number of benzene rings is 1. The van der Waals surface area contributed by atoms with Gasteiger partial charge in [0.25, 0.3) is 24.3 Å². The van der Waals surface area contributed by atoms with Crippen molar-refractivity contribution >= 4 is 75.8 Å². The summed E-state index contributed by atoms with van der Waals surface area (Å²) in [6.07, 6.45) is 19.7. The SMILES string of the molecule is C/C(=C\[C@@H](C)CC[C@@H](CCC1CCC(O)CC1)OC=O)[C@@H](O)C/C(=N/OCC(=O)NCc1cnc(N2CCN(C(=O)CCCN3CCN(c4ncc(C(=O)N5CCC(n6nc(-c7ccc8oc(N)nc8c7)c7c(N)ncnc76)CC5)cn4)CC3)CC2)nc1)[C@H](C)CC(C)C. The van der Waals surface area contributed by atoms with Crippen LogP contribution in [0.2, 0.25) is 0 Å². The van der Waals surface area contributed by atoms with Crippen LogP contribution in [0.3, 0.4) is 0 Å². The van der Waals surface area contributed by atoms with E-state index < -0.39 is 6.10 Å². The Kier molecular flexibility index (Phi) is 23.7. The number of likely N-dealkylation sites (tertiary alicyclic amines) is 1. The zero-order valence-electron chi connectivity index (χ0n) is 55.1. The van der Waals surface area contributed by atoms with Crippen LogP contribution >= 0.6 is 0 Å². The number of anilines is 4. The minimum absolute atomic E-state index is 0.0205. The normalized spacial score (nSPS) is 19.4. The van der Waals surface area contributed by atoms with Gasteiger partial charge in [-0.05, 0) is 138 Å². The lowest BCUT2D eigenvalue weighted by Gasteiger charge is -2.36. The van der Waals surface area contributed by atoms with Gasteiger partial charge in [-0.1, -0.05) is 38.9 Å². The Balaban J connectivity index is 0.592. The molecule has 506 valence electrons. The third-order valence-electron chi connectivity index (χ3n) is 18.9. The molecule has 0 unspecified atom stereocenters. The van der Waals surface area contributed by atoms with Crippen molar-refractivity contribution in [1.29, 1.82) is 0 Å². The fourth-order valence-electron chi connectivity index (χ4n) is 13.4. The summed E-state index contributed by atoms with van der Waals surface area (Å²) in [6.45, 7) is 18.1. The second-order valence-electron chi connectivity index (χ2n) is 26.4. The highest BCUT2D eigenvalue weighted by Gasteiger charge is 2.31. The minimum atomic E-state index is -0.783. The number of oxazole rings is 1. The number of nitrogen functional groups attached to an aromatic ring is 2. The van der Waals surface area contributed by atoms with Crippen molar-refractivity contribution in [1.82, 2.24) is 64.7 Å². The molecule has 3 aliphatic heterocycles. The molecule has 8 heterocycles. The standard InChI is InChI=1S/C67H94N18O9/c1-43(2)31-45(4)54(34-56(88)46(5)32-44(3)8-15-53(92-42-86)16-11-47-9-13-52(87)14-10-47)79-93-40-58(89)70-35-48-36-71-66(72-37-48)84-29-27-81(28-30-84)59(90)7-6-20-80-23-25-83(26-24-80)67-73-38-50(39-74-67)64(91)82-21-18-51(19-22-82)85-63-60(62(68)75-41-76-63)61(78-85)49-12-17-57-55(33-49)77-65(69)94-57/h12,17,32-33,36-39,41-45,47,51-53,56,87-88H,6-11,13-16,18-31,34-35,40H2,1-5H3,(H2,69,77)(H,70,89)(H2,68,75,76)/b46-32+,79-54-/t44-,45+,47?,52?,53-,56-/m0/s1. The number of hydrogen-bond acceptors (Lipinski definition) is 23. The number of ether oxygens (including phenoxy) is 1. The van der Waals surface area contributed by atoms with Crippen molar-refractivity contribution in [2.45, 2.75) is 155 Å². The summed E-state index contributed by atoms with van der Waals surface area (Å²) in [5, 5.41) is 34.1. The van der Waals surface area contributed by atoms with Crippen LogP contribution in [0, 0.1) is 23.7 Å². The fourth-order valence-corrected chi connectivity index (χ4v) is 13.4. The smallest absolute Gasteiger partial charge is 0.293 e. The second-order valence-corrected chi connectivity index (χ2v) is 26.4. The molecule has 3 saturated heterocycles. The Bertz CT molecular complexity index is 3530. The van der Waals surface area contributed by atoms with Crippen LogP contribution < -0.4 is 26.6 Å². The van der Waals surface area contributed by atoms with Crippen LogP contribution in [0.4, 0.5) is 23.7 Å². The number of rotatable bonds is 29. The molecule has 0 radical (unpaired) electrons. The Morgan fingerprint density at radius 1 is 0.830 bits per heavy atom. The Labute approximate surface area is 549 Å². The van der Waals surface area contributed by atoms with E-state index in [1.54, 1.807) is 30.9 Å². The zero-order valence-corrected chi connectivity index (χ0v) is 55.1. The lowest BCUT2D eigenvalue weighted by atomic mass is 9.83. The zero-order chi connectivity index (χ0) is 66.3. The van der Waals surface area contributed by atoms with Crippen molar-refractivity contribution < 1.29 is 43.4 Å². The molecule has 4 fully saturated rings. The van der Waals surface area contributed by atoms with Crippen molar-refractivity contribution in [3.05, 3.63) is 72.1 Å². The highest BCUT2D eigenvalue weighted by molar-refractivity contribution is 5.99. The van der Waals surface area contributed by atoms with Gasteiger partial charge in [-0.2, -0.15) is 10.1 Å². The Morgan fingerprint density at radius 3 is 2.21 bits per heavy atom.